The van der Waals surface area contributed by atoms with Crippen LogP contribution in [0.15, 0.2) is 18.2 Å². The van der Waals surface area contributed by atoms with Gasteiger partial charge in [0.15, 0.2) is 0 Å². The zero-order valence-electron chi connectivity index (χ0n) is 10.3. The van der Waals surface area contributed by atoms with Gasteiger partial charge in [-0.25, -0.2) is 4.39 Å². The molecule has 17 heavy (non-hydrogen) atoms. The number of benzene rings is 1. The number of halogens is 1. The summed E-state index contributed by atoms with van der Waals surface area (Å²) in [6, 6.07) is 4.49. The van der Waals surface area contributed by atoms with Crippen molar-refractivity contribution < 1.29 is 19.0 Å². The fourth-order valence-corrected chi connectivity index (χ4v) is 1.43. The van der Waals surface area contributed by atoms with Crippen molar-refractivity contribution in [3.63, 3.8) is 0 Å². The van der Waals surface area contributed by atoms with Crippen molar-refractivity contribution in [2.45, 2.75) is 26.4 Å². The van der Waals surface area contributed by atoms with Crippen molar-refractivity contribution in [2.75, 3.05) is 19.8 Å². The number of hydrogen-bond donors (Lipinski definition) is 1. The van der Waals surface area contributed by atoms with E-state index in [-0.39, 0.29) is 5.56 Å². The van der Waals surface area contributed by atoms with Crippen LogP contribution in [0.2, 0.25) is 0 Å². The Hall–Kier alpha value is -1.13. The largest absolute Gasteiger partial charge is 0.493 e. The van der Waals surface area contributed by atoms with Crippen LogP contribution in [0.3, 0.4) is 0 Å². The highest BCUT2D eigenvalue weighted by Gasteiger charge is 2.08. The predicted molar refractivity (Wildman–Crippen MR) is 63.6 cm³/mol. The van der Waals surface area contributed by atoms with Crippen LogP contribution in [0, 0.1) is 5.82 Å². The van der Waals surface area contributed by atoms with E-state index in [0.29, 0.717) is 25.6 Å². The van der Waals surface area contributed by atoms with E-state index >= 15 is 0 Å². The van der Waals surface area contributed by atoms with Crippen molar-refractivity contribution in [2.24, 2.45) is 0 Å². The van der Waals surface area contributed by atoms with Crippen LogP contribution in [0.5, 0.6) is 5.75 Å². The summed E-state index contributed by atoms with van der Waals surface area (Å²) in [5, 5.41) is 9.27. The number of aliphatic hydroxyl groups is 1. The minimum absolute atomic E-state index is 0.284. The molecule has 1 N–H and O–H groups in total. The maximum absolute atomic E-state index is 13.5. The Kier molecular flexibility index (Phi) is 5.94. The highest BCUT2D eigenvalue weighted by atomic mass is 19.1. The van der Waals surface area contributed by atoms with E-state index in [1.807, 2.05) is 6.92 Å². The second-order valence-corrected chi connectivity index (χ2v) is 3.76. The first kappa shape index (κ1) is 13.9. The molecular weight excluding hydrogens is 223 g/mol. The van der Waals surface area contributed by atoms with Gasteiger partial charge < -0.3 is 14.6 Å². The van der Waals surface area contributed by atoms with Gasteiger partial charge in [-0.3, -0.25) is 0 Å². The lowest BCUT2D eigenvalue weighted by atomic mass is 10.1. The molecule has 96 valence electrons. The van der Waals surface area contributed by atoms with E-state index in [1.165, 1.54) is 19.1 Å². The van der Waals surface area contributed by atoms with Crippen molar-refractivity contribution in [3.05, 3.63) is 29.6 Å². The van der Waals surface area contributed by atoms with Crippen LogP contribution in [0.25, 0.3) is 0 Å². The molecule has 0 radical (unpaired) electrons. The molecule has 4 heteroatoms. The zero-order chi connectivity index (χ0) is 12.7. The molecule has 0 saturated heterocycles. The van der Waals surface area contributed by atoms with Crippen LogP contribution in [0.4, 0.5) is 4.39 Å². The third-order valence-corrected chi connectivity index (χ3v) is 2.33. The SMILES string of the molecule is CCOCCCOc1ccc([C@@H](C)O)c(F)c1. The van der Waals surface area contributed by atoms with E-state index in [9.17, 15) is 9.50 Å². The Bertz CT molecular complexity index is 339. The molecule has 0 aliphatic rings. The summed E-state index contributed by atoms with van der Waals surface area (Å²) in [7, 11) is 0. The summed E-state index contributed by atoms with van der Waals surface area (Å²) >= 11 is 0. The quantitative estimate of drug-likeness (QED) is 0.747. The lowest BCUT2D eigenvalue weighted by Crippen LogP contribution is -2.03. The normalized spacial score (nSPS) is 12.5. The third kappa shape index (κ3) is 4.71. The van der Waals surface area contributed by atoms with Crippen LogP contribution in [0.1, 0.15) is 31.9 Å². The summed E-state index contributed by atoms with van der Waals surface area (Å²) in [5.41, 5.74) is 0.284. The monoisotopic (exact) mass is 242 g/mol. The van der Waals surface area contributed by atoms with Gasteiger partial charge in [-0.05, 0) is 26.0 Å². The zero-order valence-corrected chi connectivity index (χ0v) is 10.3. The summed E-state index contributed by atoms with van der Waals surface area (Å²) in [5.74, 6) is 0.0331. The van der Waals surface area contributed by atoms with Gasteiger partial charge in [-0.1, -0.05) is 0 Å². The highest BCUT2D eigenvalue weighted by Crippen LogP contribution is 2.21. The topological polar surface area (TPSA) is 38.7 Å². The van der Waals surface area contributed by atoms with Crippen LogP contribution < -0.4 is 4.74 Å². The first-order valence-corrected chi connectivity index (χ1v) is 5.83. The Balaban J connectivity index is 2.42. The molecule has 3 nitrogen and oxygen atoms in total. The molecule has 0 spiro atoms. The second-order valence-electron chi connectivity index (χ2n) is 3.76. The van der Waals surface area contributed by atoms with Crippen molar-refractivity contribution in [3.8, 4) is 5.75 Å². The molecule has 0 amide bonds. The van der Waals surface area contributed by atoms with Gasteiger partial charge in [0.2, 0.25) is 0 Å². The standard InChI is InChI=1S/C13H19FO3/c1-3-16-7-4-8-17-11-5-6-12(10(2)15)13(14)9-11/h5-6,9-10,15H,3-4,7-8H2,1-2H3/t10-/m1/s1. The summed E-state index contributed by atoms with van der Waals surface area (Å²) in [6.45, 7) is 5.29. The van der Waals surface area contributed by atoms with Crippen molar-refractivity contribution in [1.29, 1.82) is 0 Å². The smallest absolute Gasteiger partial charge is 0.132 e. The van der Waals surface area contributed by atoms with Gasteiger partial charge in [0.05, 0.1) is 12.7 Å². The minimum Gasteiger partial charge on any atom is -0.493 e. The Labute approximate surface area is 101 Å². The molecule has 0 heterocycles. The molecule has 1 rings (SSSR count). The van der Waals surface area contributed by atoms with Gasteiger partial charge in [-0.2, -0.15) is 0 Å². The predicted octanol–water partition coefficient (Wildman–Crippen LogP) is 2.68. The highest BCUT2D eigenvalue weighted by molar-refractivity contribution is 5.29. The summed E-state index contributed by atoms with van der Waals surface area (Å²) < 4.78 is 24.0. The number of aliphatic hydroxyl groups excluding tert-OH is 1. The fourth-order valence-electron chi connectivity index (χ4n) is 1.43. The van der Waals surface area contributed by atoms with Crippen LogP contribution in [-0.2, 0) is 4.74 Å². The number of hydrogen-bond acceptors (Lipinski definition) is 3. The molecule has 1 aromatic rings. The Morgan fingerprint density at radius 2 is 2.12 bits per heavy atom. The maximum atomic E-state index is 13.5. The van der Waals surface area contributed by atoms with Gasteiger partial charge in [0.1, 0.15) is 11.6 Å². The van der Waals surface area contributed by atoms with Crippen LogP contribution in [-0.4, -0.2) is 24.9 Å². The van der Waals surface area contributed by atoms with Gasteiger partial charge in [-0.15, -0.1) is 0 Å². The van der Waals surface area contributed by atoms with Crippen molar-refractivity contribution >= 4 is 0 Å². The van der Waals surface area contributed by atoms with E-state index in [4.69, 9.17) is 9.47 Å². The lowest BCUT2D eigenvalue weighted by Gasteiger charge is -2.10. The molecule has 0 aromatic heterocycles. The lowest BCUT2D eigenvalue weighted by molar-refractivity contribution is 0.130. The minimum atomic E-state index is -0.804. The maximum Gasteiger partial charge on any atom is 0.132 e. The second kappa shape index (κ2) is 7.25. The van der Waals surface area contributed by atoms with Gasteiger partial charge >= 0.3 is 0 Å². The molecule has 0 saturated carbocycles. The molecule has 0 bridgehead atoms. The number of ether oxygens (including phenoxy) is 2. The van der Waals surface area contributed by atoms with E-state index in [1.54, 1.807) is 6.07 Å². The summed E-state index contributed by atoms with van der Waals surface area (Å²) in [6.07, 6.45) is -0.0323. The van der Waals surface area contributed by atoms with E-state index in [0.717, 1.165) is 6.42 Å². The molecule has 1 aromatic carbocycles. The molecule has 0 aliphatic carbocycles. The Morgan fingerprint density at radius 3 is 2.71 bits per heavy atom. The van der Waals surface area contributed by atoms with Gasteiger partial charge in [0.25, 0.3) is 0 Å². The first-order valence-electron chi connectivity index (χ1n) is 5.83. The van der Waals surface area contributed by atoms with Crippen LogP contribution >= 0.6 is 0 Å². The average Bonchev–Trinajstić information content (AvgIpc) is 2.28. The summed E-state index contributed by atoms with van der Waals surface area (Å²) in [4.78, 5) is 0. The average molecular weight is 242 g/mol. The Morgan fingerprint density at radius 1 is 1.35 bits per heavy atom. The van der Waals surface area contributed by atoms with Gasteiger partial charge in [0, 0.05) is 31.3 Å². The first-order chi connectivity index (χ1) is 8.15. The molecule has 1 atom stereocenters. The number of rotatable bonds is 7. The van der Waals surface area contributed by atoms with E-state index in [2.05, 4.69) is 0 Å². The molecule has 0 unspecified atom stereocenters. The third-order valence-electron chi connectivity index (χ3n) is 2.33. The molecule has 0 aliphatic heterocycles. The molecule has 0 fully saturated rings. The van der Waals surface area contributed by atoms with Crippen molar-refractivity contribution in [1.82, 2.24) is 0 Å². The molecular formula is C13H19FO3. The fraction of sp³-hybridized carbons (Fsp3) is 0.538. The van der Waals surface area contributed by atoms with E-state index < -0.39 is 11.9 Å².